The van der Waals surface area contributed by atoms with Gasteiger partial charge in [0.15, 0.2) is 0 Å². The van der Waals surface area contributed by atoms with Gasteiger partial charge >= 0.3 is 0 Å². The molecule has 24 heavy (non-hydrogen) atoms. The van der Waals surface area contributed by atoms with Crippen LogP contribution in [0.5, 0.6) is 0 Å². The molecule has 0 saturated carbocycles. The first kappa shape index (κ1) is 18.4. The van der Waals surface area contributed by atoms with Gasteiger partial charge in [-0.25, -0.2) is 0 Å². The van der Waals surface area contributed by atoms with Gasteiger partial charge in [-0.3, -0.25) is 4.90 Å². The van der Waals surface area contributed by atoms with E-state index in [-0.39, 0.29) is 0 Å². The van der Waals surface area contributed by atoms with Gasteiger partial charge in [-0.05, 0) is 19.9 Å². The summed E-state index contributed by atoms with van der Waals surface area (Å²) in [6, 6.07) is 10.1. The maximum absolute atomic E-state index is 9.44. The van der Waals surface area contributed by atoms with E-state index in [1.807, 2.05) is 22.9 Å². The van der Waals surface area contributed by atoms with Crippen molar-refractivity contribution in [1.82, 2.24) is 9.47 Å². The Morgan fingerprint density at radius 3 is 2.54 bits per heavy atom. The van der Waals surface area contributed by atoms with Crippen LogP contribution in [0.3, 0.4) is 0 Å². The zero-order valence-electron chi connectivity index (χ0n) is 13.6. The average molecular weight is 361 g/mol. The summed E-state index contributed by atoms with van der Waals surface area (Å²) in [6.45, 7) is 5.45. The van der Waals surface area contributed by atoms with Crippen LogP contribution in [0.25, 0.3) is 11.1 Å². The van der Waals surface area contributed by atoms with Crippen LogP contribution in [0.2, 0.25) is 10.0 Å². The summed E-state index contributed by atoms with van der Waals surface area (Å²) in [7, 11) is 0. The third-order valence-electron chi connectivity index (χ3n) is 3.83. The lowest BCUT2D eigenvalue weighted by Crippen LogP contribution is -2.33. The zero-order chi connectivity index (χ0) is 17.7. The van der Waals surface area contributed by atoms with Crippen LogP contribution in [0, 0.1) is 22.7 Å². The summed E-state index contributed by atoms with van der Waals surface area (Å²) in [5.41, 5.74) is 2.05. The van der Waals surface area contributed by atoms with Crippen LogP contribution >= 0.6 is 23.2 Å². The lowest BCUT2D eigenvalue weighted by Gasteiger charge is -2.25. The molecule has 0 amide bonds. The quantitative estimate of drug-likeness (QED) is 0.734. The zero-order valence-corrected chi connectivity index (χ0v) is 15.1. The average Bonchev–Trinajstić information content (AvgIpc) is 2.96. The van der Waals surface area contributed by atoms with Crippen LogP contribution in [-0.4, -0.2) is 22.1 Å². The molecule has 0 N–H and O–H groups in total. The highest BCUT2D eigenvalue weighted by molar-refractivity contribution is 6.43. The molecule has 6 heteroatoms. The van der Waals surface area contributed by atoms with E-state index in [4.69, 9.17) is 28.5 Å². The second kappa shape index (κ2) is 8.22. The van der Waals surface area contributed by atoms with E-state index < -0.39 is 0 Å². The van der Waals surface area contributed by atoms with Gasteiger partial charge in [0.2, 0.25) is 0 Å². The van der Waals surface area contributed by atoms with Crippen LogP contribution in [0.4, 0.5) is 0 Å². The maximum atomic E-state index is 9.44. The predicted octanol–water partition coefficient (Wildman–Crippen LogP) is 4.92. The van der Waals surface area contributed by atoms with E-state index in [0.29, 0.717) is 41.3 Å². The SMILES string of the molecule is CC(C)N(CCC#N)Cn1cc(C#N)c(-c2cccc(Cl)c2Cl)c1. The molecule has 0 aliphatic heterocycles. The summed E-state index contributed by atoms with van der Waals surface area (Å²) >= 11 is 12.4. The molecule has 4 nitrogen and oxygen atoms in total. The molecule has 0 radical (unpaired) electrons. The number of hydrogen-bond acceptors (Lipinski definition) is 3. The molecule has 0 fully saturated rings. The first-order valence-electron chi connectivity index (χ1n) is 7.63. The predicted molar refractivity (Wildman–Crippen MR) is 96.7 cm³/mol. The Morgan fingerprint density at radius 1 is 1.17 bits per heavy atom. The van der Waals surface area contributed by atoms with Crippen LogP contribution in [0.1, 0.15) is 25.8 Å². The van der Waals surface area contributed by atoms with Crippen LogP contribution in [0.15, 0.2) is 30.6 Å². The van der Waals surface area contributed by atoms with Crippen molar-refractivity contribution in [2.45, 2.75) is 33.0 Å². The van der Waals surface area contributed by atoms with Gasteiger partial charge in [0.1, 0.15) is 6.07 Å². The number of nitriles is 2. The summed E-state index contributed by atoms with van der Waals surface area (Å²) in [5, 5.41) is 19.1. The van der Waals surface area contributed by atoms with Crippen molar-refractivity contribution in [1.29, 1.82) is 10.5 Å². The third-order valence-corrected chi connectivity index (χ3v) is 4.65. The van der Waals surface area contributed by atoms with Gasteiger partial charge in [0.25, 0.3) is 0 Å². The van der Waals surface area contributed by atoms with E-state index in [1.54, 1.807) is 12.3 Å². The van der Waals surface area contributed by atoms with Gasteiger partial charge in [-0.15, -0.1) is 0 Å². The normalized spacial score (nSPS) is 10.8. The van der Waals surface area contributed by atoms with Crippen molar-refractivity contribution in [2.75, 3.05) is 6.54 Å². The molecule has 0 saturated heterocycles. The molecule has 2 aromatic rings. The standard InChI is InChI=1S/C18H18Cl2N4/c1-13(2)24(8-4-7-21)12-23-10-14(9-22)16(11-23)15-5-3-6-17(19)18(15)20/h3,5-6,10-11,13H,4,8,12H2,1-2H3. The second-order valence-corrected chi connectivity index (χ2v) is 6.55. The molecule has 124 valence electrons. The monoisotopic (exact) mass is 360 g/mol. The van der Waals surface area contributed by atoms with E-state index in [1.165, 1.54) is 0 Å². The van der Waals surface area contributed by atoms with Crippen molar-refractivity contribution in [3.63, 3.8) is 0 Å². The van der Waals surface area contributed by atoms with E-state index in [9.17, 15) is 5.26 Å². The maximum Gasteiger partial charge on any atom is 0.101 e. The molecule has 1 aromatic heterocycles. The fourth-order valence-corrected chi connectivity index (χ4v) is 2.90. The van der Waals surface area contributed by atoms with Crippen LogP contribution < -0.4 is 0 Å². The Bertz CT molecular complexity index is 796. The Morgan fingerprint density at radius 2 is 1.92 bits per heavy atom. The molecular weight excluding hydrogens is 343 g/mol. The van der Waals surface area contributed by atoms with E-state index in [0.717, 1.165) is 11.1 Å². The number of aromatic nitrogens is 1. The number of nitrogens with zero attached hydrogens (tertiary/aromatic N) is 4. The topological polar surface area (TPSA) is 55.8 Å². The summed E-state index contributed by atoms with van der Waals surface area (Å²) in [6.07, 6.45) is 4.17. The smallest absolute Gasteiger partial charge is 0.101 e. The minimum atomic E-state index is 0.296. The number of rotatable bonds is 6. The van der Waals surface area contributed by atoms with Gasteiger partial charge in [-0.2, -0.15) is 10.5 Å². The second-order valence-electron chi connectivity index (χ2n) is 5.77. The summed E-state index contributed by atoms with van der Waals surface area (Å²) < 4.78 is 1.95. The van der Waals surface area contributed by atoms with Crippen molar-refractivity contribution >= 4 is 23.2 Å². The van der Waals surface area contributed by atoms with Gasteiger partial charge < -0.3 is 4.57 Å². The third kappa shape index (κ3) is 4.10. The van der Waals surface area contributed by atoms with E-state index in [2.05, 4.69) is 30.9 Å². The molecule has 0 unspecified atom stereocenters. The van der Waals surface area contributed by atoms with Gasteiger partial charge in [0, 0.05) is 42.5 Å². The fraction of sp³-hybridized carbons (Fsp3) is 0.333. The minimum Gasteiger partial charge on any atom is -0.339 e. The molecule has 2 rings (SSSR count). The molecule has 0 bridgehead atoms. The van der Waals surface area contributed by atoms with Gasteiger partial charge in [-0.1, -0.05) is 35.3 Å². The van der Waals surface area contributed by atoms with Crippen molar-refractivity contribution in [3.8, 4) is 23.3 Å². The Labute approximate surface area is 152 Å². The molecule has 0 atom stereocenters. The number of hydrogen-bond donors (Lipinski definition) is 0. The van der Waals surface area contributed by atoms with Crippen molar-refractivity contribution in [3.05, 3.63) is 46.2 Å². The molecule has 1 aromatic carbocycles. The van der Waals surface area contributed by atoms with Gasteiger partial charge in [0.05, 0.1) is 28.3 Å². The molecule has 0 spiro atoms. The first-order chi connectivity index (χ1) is 11.5. The molecule has 0 aliphatic carbocycles. The molecule has 0 aliphatic rings. The molecule has 1 heterocycles. The van der Waals surface area contributed by atoms with Crippen molar-refractivity contribution < 1.29 is 0 Å². The minimum absolute atomic E-state index is 0.296. The Balaban J connectivity index is 2.35. The highest BCUT2D eigenvalue weighted by Crippen LogP contribution is 2.35. The Hall–Kier alpha value is -1.98. The number of benzene rings is 1. The fourth-order valence-electron chi connectivity index (χ4n) is 2.50. The highest BCUT2D eigenvalue weighted by Gasteiger charge is 2.16. The lowest BCUT2D eigenvalue weighted by molar-refractivity contribution is 0.177. The van der Waals surface area contributed by atoms with E-state index >= 15 is 0 Å². The molecular formula is C18H18Cl2N4. The van der Waals surface area contributed by atoms with Crippen molar-refractivity contribution in [2.24, 2.45) is 0 Å². The lowest BCUT2D eigenvalue weighted by atomic mass is 10.1. The Kier molecular flexibility index (Phi) is 6.29. The summed E-state index contributed by atoms with van der Waals surface area (Å²) in [4.78, 5) is 2.17. The number of halogens is 2. The largest absolute Gasteiger partial charge is 0.339 e. The summed E-state index contributed by atoms with van der Waals surface area (Å²) in [5.74, 6) is 0. The first-order valence-corrected chi connectivity index (χ1v) is 8.38. The van der Waals surface area contributed by atoms with Crippen LogP contribution in [-0.2, 0) is 6.67 Å². The highest BCUT2D eigenvalue weighted by atomic mass is 35.5.